The Bertz CT molecular complexity index is 647. The molecule has 0 radical (unpaired) electrons. The first-order chi connectivity index (χ1) is 9.38. The molecule has 2 rings (SSSR count). The van der Waals surface area contributed by atoms with E-state index in [1.54, 1.807) is 0 Å². The highest BCUT2D eigenvalue weighted by atomic mass is 35.5. The Morgan fingerprint density at radius 3 is 2.52 bits per heavy atom. The van der Waals surface area contributed by atoms with Gasteiger partial charge in [0.25, 0.3) is 5.91 Å². The van der Waals surface area contributed by atoms with Crippen molar-refractivity contribution in [2.24, 2.45) is 5.73 Å². The fourth-order valence-electron chi connectivity index (χ4n) is 1.61. The maximum atomic E-state index is 12.6. The number of carbonyl (C=O) groups is 1. The average molecular weight is 318 g/mol. The normalized spacial score (nSPS) is 10.6. The molecular weight excluding hydrogens is 307 g/mol. The van der Waals surface area contributed by atoms with Crippen molar-refractivity contribution in [2.45, 2.75) is 6.18 Å². The summed E-state index contributed by atoms with van der Waals surface area (Å²) in [6, 6.07) is 7.54. The Kier molecular flexibility index (Phi) is 5.15. The van der Waals surface area contributed by atoms with Crippen LogP contribution in [0.25, 0.3) is 0 Å². The summed E-state index contributed by atoms with van der Waals surface area (Å²) < 4.78 is 37.8. The van der Waals surface area contributed by atoms with Crippen molar-refractivity contribution >= 4 is 29.8 Å². The third-order valence-corrected chi connectivity index (χ3v) is 2.53. The monoisotopic (exact) mass is 317 g/mol. The Balaban J connectivity index is 0.00000220. The molecule has 0 saturated carbocycles. The summed E-state index contributed by atoms with van der Waals surface area (Å²) in [5.41, 5.74) is 4.65. The molecule has 2 aromatic rings. The van der Waals surface area contributed by atoms with E-state index >= 15 is 0 Å². The van der Waals surface area contributed by atoms with Crippen molar-refractivity contribution in [1.29, 1.82) is 0 Å². The van der Waals surface area contributed by atoms with E-state index < -0.39 is 17.6 Å². The van der Waals surface area contributed by atoms with Gasteiger partial charge in [0.15, 0.2) is 0 Å². The highest BCUT2D eigenvalue weighted by molar-refractivity contribution is 5.98. The number of benzene rings is 1. The predicted octanol–water partition coefficient (Wildman–Crippen LogP) is 3.36. The van der Waals surface area contributed by atoms with Crippen LogP contribution >= 0.6 is 12.4 Å². The predicted molar refractivity (Wildman–Crippen MR) is 74.7 cm³/mol. The first-order valence-corrected chi connectivity index (χ1v) is 5.57. The molecule has 0 spiro atoms. The molecule has 8 heteroatoms. The molecule has 112 valence electrons. The van der Waals surface area contributed by atoms with E-state index in [1.165, 1.54) is 30.5 Å². The van der Waals surface area contributed by atoms with Gasteiger partial charge in [0.1, 0.15) is 5.82 Å². The number of nitrogens with one attached hydrogen (secondary N) is 1. The minimum Gasteiger partial charge on any atom is -0.365 e. The lowest BCUT2D eigenvalue weighted by Crippen LogP contribution is -2.14. The third kappa shape index (κ3) is 4.09. The van der Waals surface area contributed by atoms with E-state index in [9.17, 15) is 18.0 Å². The fraction of sp³-hybridized carbons (Fsp3) is 0.0769. The van der Waals surface area contributed by atoms with Gasteiger partial charge in [-0.15, -0.1) is 12.4 Å². The van der Waals surface area contributed by atoms with Crippen LogP contribution in [0.15, 0.2) is 42.6 Å². The smallest absolute Gasteiger partial charge is 0.365 e. The Morgan fingerprint density at radius 1 is 1.19 bits per heavy atom. The van der Waals surface area contributed by atoms with Crippen LogP contribution in [0.5, 0.6) is 0 Å². The third-order valence-electron chi connectivity index (χ3n) is 2.53. The minimum atomic E-state index is -4.44. The number of carbonyl (C=O) groups excluding carboxylic acids is 1. The van der Waals surface area contributed by atoms with Crippen LogP contribution in [0, 0.1) is 0 Å². The van der Waals surface area contributed by atoms with Crippen LogP contribution in [-0.4, -0.2) is 10.9 Å². The van der Waals surface area contributed by atoms with Gasteiger partial charge in [-0.2, -0.15) is 13.2 Å². The quantitative estimate of drug-likeness (QED) is 0.912. The number of hydrogen-bond donors (Lipinski definition) is 2. The average Bonchev–Trinajstić information content (AvgIpc) is 2.38. The number of amides is 1. The van der Waals surface area contributed by atoms with E-state index in [0.29, 0.717) is 0 Å². The van der Waals surface area contributed by atoms with Crippen molar-refractivity contribution in [3.05, 3.63) is 53.7 Å². The summed E-state index contributed by atoms with van der Waals surface area (Å²) in [4.78, 5) is 15.1. The van der Waals surface area contributed by atoms with Gasteiger partial charge in [-0.25, -0.2) is 4.98 Å². The van der Waals surface area contributed by atoms with Gasteiger partial charge in [0, 0.05) is 11.9 Å². The summed E-state index contributed by atoms with van der Waals surface area (Å²) in [5, 5.41) is 2.65. The standard InChI is InChI=1S/C13H10F3N3O.ClH/c14-13(15,16)8-3-1-4-9(7-8)19-12-10(11(17)20)5-2-6-18-12;/h1-7H,(H2,17,20)(H,18,19);1H. The first-order valence-electron chi connectivity index (χ1n) is 5.57. The van der Waals surface area contributed by atoms with Crippen LogP contribution in [0.4, 0.5) is 24.7 Å². The number of rotatable bonds is 3. The van der Waals surface area contributed by atoms with Crippen LogP contribution in [0.3, 0.4) is 0 Å². The highest BCUT2D eigenvalue weighted by Gasteiger charge is 2.30. The fourth-order valence-corrected chi connectivity index (χ4v) is 1.61. The summed E-state index contributed by atoms with van der Waals surface area (Å²) >= 11 is 0. The van der Waals surface area contributed by atoms with Crippen LogP contribution in [0.2, 0.25) is 0 Å². The zero-order chi connectivity index (χ0) is 14.8. The van der Waals surface area contributed by atoms with Gasteiger partial charge in [-0.05, 0) is 30.3 Å². The van der Waals surface area contributed by atoms with Gasteiger partial charge in [-0.1, -0.05) is 6.07 Å². The molecule has 0 aliphatic heterocycles. The number of halogens is 4. The number of pyridine rings is 1. The number of nitrogens with zero attached hydrogens (tertiary/aromatic N) is 1. The molecule has 0 bridgehead atoms. The largest absolute Gasteiger partial charge is 0.416 e. The van der Waals surface area contributed by atoms with Crippen LogP contribution in [0.1, 0.15) is 15.9 Å². The van der Waals surface area contributed by atoms with Crippen LogP contribution < -0.4 is 11.1 Å². The second-order valence-corrected chi connectivity index (χ2v) is 3.97. The van der Waals surface area contributed by atoms with Crippen molar-refractivity contribution in [3.63, 3.8) is 0 Å². The molecule has 0 aliphatic rings. The van der Waals surface area contributed by atoms with Gasteiger partial charge < -0.3 is 11.1 Å². The lowest BCUT2D eigenvalue weighted by atomic mass is 10.2. The van der Waals surface area contributed by atoms with Crippen molar-refractivity contribution in [3.8, 4) is 0 Å². The molecule has 1 aromatic heterocycles. The summed E-state index contributed by atoms with van der Waals surface area (Å²) in [5.74, 6) is -0.605. The molecule has 0 unspecified atom stereocenters. The molecule has 1 amide bonds. The van der Waals surface area contributed by atoms with Gasteiger partial charge in [0.05, 0.1) is 11.1 Å². The molecule has 1 heterocycles. The molecule has 4 nitrogen and oxygen atoms in total. The number of aromatic nitrogens is 1. The lowest BCUT2D eigenvalue weighted by Gasteiger charge is -2.11. The minimum absolute atomic E-state index is 0. The van der Waals surface area contributed by atoms with E-state index in [4.69, 9.17) is 5.73 Å². The Hall–Kier alpha value is -2.28. The summed E-state index contributed by atoms with van der Waals surface area (Å²) in [6.45, 7) is 0. The highest BCUT2D eigenvalue weighted by Crippen LogP contribution is 2.31. The second kappa shape index (κ2) is 6.45. The SMILES string of the molecule is Cl.NC(=O)c1cccnc1Nc1cccc(C(F)(F)F)c1. The summed E-state index contributed by atoms with van der Waals surface area (Å²) in [6.07, 6.45) is -3.03. The number of primary amides is 1. The second-order valence-electron chi connectivity index (χ2n) is 3.97. The van der Waals surface area contributed by atoms with Gasteiger partial charge in [0.2, 0.25) is 0 Å². The maximum Gasteiger partial charge on any atom is 0.416 e. The molecule has 0 atom stereocenters. The van der Waals surface area contributed by atoms with Crippen LogP contribution in [-0.2, 0) is 6.18 Å². The molecule has 3 N–H and O–H groups in total. The number of anilines is 2. The van der Waals surface area contributed by atoms with Crippen molar-refractivity contribution in [1.82, 2.24) is 4.98 Å². The molecule has 0 fully saturated rings. The topological polar surface area (TPSA) is 68.0 Å². The zero-order valence-electron chi connectivity index (χ0n) is 10.5. The zero-order valence-corrected chi connectivity index (χ0v) is 11.3. The molecule has 21 heavy (non-hydrogen) atoms. The molecule has 1 aromatic carbocycles. The van der Waals surface area contributed by atoms with E-state index in [-0.39, 0.29) is 29.5 Å². The van der Waals surface area contributed by atoms with Crippen molar-refractivity contribution < 1.29 is 18.0 Å². The summed E-state index contributed by atoms with van der Waals surface area (Å²) in [7, 11) is 0. The molecular formula is C13H11ClF3N3O. The molecule has 0 saturated heterocycles. The van der Waals surface area contributed by atoms with Gasteiger partial charge in [-0.3, -0.25) is 4.79 Å². The van der Waals surface area contributed by atoms with E-state index in [2.05, 4.69) is 10.3 Å². The van der Waals surface area contributed by atoms with Crippen molar-refractivity contribution in [2.75, 3.05) is 5.32 Å². The first kappa shape index (κ1) is 16.8. The van der Waals surface area contributed by atoms with E-state index in [0.717, 1.165) is 12.1 Å². The number of nitrogens with two attached hydrogens (primary N) is 1. The Morgan fingerprint density at radius 2 is 1.90 bits per heavy atom. The van der Waals surface area contributed by atoms with Gasteiger partial charge >= 0.3 is 6.18 Å². The number of hydrogen-bond acceptors (Lipinski definition) is 3. The number of alkyl halides is 3. The Labute approximate surface area is 124 Å². The lowest BCUT2D eigenvalue weighted by molar-refractivity contribution is -0.137. The molecule has 0 aliphatic carbocycles. The van der Waals surface area contributed by atoms with E-state index in [1.807, 2.05) is 0 Å². The maximum absolute atomic E-state index is 12.6.